The van der Waals surface area contributed by atoms with E-state index < -0.39 is 0 Å². The Balaban J connectivity index is 2.97. The van der Waals surface area contributed by atoms with Gasteiger partial charge in [-0.2, -0.15) is 0 Å². The van der Waals surface area contributed by atoms with Gasteiger partial charge in [-0.15, -0.1) is 0 Å². The summed E-state index contributed by atoms with van der Waals surface area (Å²) in [6.07, 6.45) is 0.428. The van der Waals surface area contributed by atoms with Crippen LogP contribution in [0.25, 0.3) is 0 Å². The van der Waals surface area contributed by atoms with Crippen molar-refractivity contribution in [2.24, 2.45) is 0 Å². The molecule has 14 heavy (non-hydrogen) atoms. The molecule has 0 spiro atoms. The zero-order valence-electron chi connectivity index (χ0n) is 7.15. The lowest BCUT2D eigenvalue weighted by molar-refractivity contribution is 0.305. The predicted octanol–water partition coefficient (Wildman–Crippen LogP) is 3.38. The van der Waals surface area contributed by atoms with E-state index in [9.17, 15) is 0 Å². The Morgan fingerprint density at radius 1 is 1.14 bits per heavy atom. The molecule has 0 saturated heterocycles. The number of hydrogen-bond donors (Lipinski definition) is 1. The first-order valence-corrected chi connectivity index (χ1v) is 5.03. The Labute approximate surface area is 97.6 Å². The molecule has 0 amide bonds. The van der Waals surface area contributed by atoms with E-state index in [2.05, 4.69) is 11.8 Å². The van der Waals surface area contributed by atoms with Crippen LogP contribution in [-0.2, 0) is 0 Å². The van der Waals surface area contributed by atoms with E-state index in [1.807, 2.05) is 0 Å². The molecule has 0 bridgehead atoms. The minimum atomic E-state index is 0.0437. The van der Waals surface area contributed by atoms with Crippen LogP contribution >= 0.6 is 34.8 Å². The van der Waals surface area contributed by atoms with Gasteiger partial charge in [-0.3, -0.25) is 0 Å². The third-order valence-electron chi connectivity index (χ3n) is 1.45. The molecule has 0 aliphatic heterocycles. The summed E-state index contributed by atoms with van der Waals surface area (Å²) >= 11 is 17.4. The molecule has 4 heteroatoms. The van der Waals surface area contributed by atoms with Crippen LogP contribution < -0.4 is 0 Å². The molecule has 0 aliphatic rings. The fourth-order valence-corrected chi connectivity index (χ4v) is 1.44. The maximum Gasteiger partial charge on any atom is 0.0779 e. The summed E-state index contributed by atoms with van der Waals surface area (Å²) in [5, 5.41) is 9.62. The zero-order valence-corrected chi connectivity index (χ0v) is 9.42. The normalized spacial score (nSPS) is 9.43. The first-order valence-electron chi connectivity index (χ1n) is 3.89. The van der Waals surface area contributed by atoms with E-state index in [4.69, 9.17) is 39.9 Å². The Bertz CT molecular complexity index is 367. The topological polar surface area (TPSA) is 20.2 Å². The first kappa shape index (κ1) is 11.7. The number of rotatable bonds is 1. The molecule has 74 valence electrons. The number of halogens is 3. The van der Waals surface area contributed by atoms with Crippen molar-refractivity contribution < 1.29 is 5.11 Å². The van der Waals surface area contributed by atoms with Crippen LogP contribution in [0.15, 0.2) is 12.1 Å². The zero-order chi connectivity index (χ0) is 10.6. The molecule has 0 fully saturated rings. The molecule has 0 radical (unpaired) electrons. The van der Waals surface area contributed by atoms with E-state index in [0.717, 1.165) is 0 Å². The quantitative estimate of drug-likeness (QED) is 0.597. The molecule has 0 saturated carbocycles. The van der Waals surface area contributed by atoms with Gasteiger partial charge in [-0.25, -0.2) is 0 Å². The summed E-state index contributed by atoms with van der Waals surface area (Å²) in [5.74, 6) is 5.58. The Morgan fingerprint density at radius 2 is 1.71 bits per heavy atom. The van der Waals surface area contributed by atoms with Crippen LogP contribution in [0.2, 0.25) is 15.1 Å². The molecule has 0 atom stereocenters. The van der Waals surface area contributed by atoms with Crippen molar-refractivity contribution in [2.75, 3.05) is 6.61 Å². The fraction of sp³-hybridized carbons (Fsp3) is 0.200. The van der Waals surface area contributed by atoms with E-state index in [-0.39, 0.29) is 6.61 Å². The second kappa shape index (κ2) is 5.48. The Morgan fingerprint density at radius 3 is 2.21 bits per heavy atom. The van der Waals surface area contributed by atoms with Crippen molar-refractivity contribution in [3.05, 3.63) is 32.8 Å². The van der Waals surface area contributed by atoms with Gasteiger partial charge < -0.3 is 5.11 Å². The average Bonchev–Trinajstić information content (AvgIpc) is 2.14. The number of hydrogen-bond acceptors (Lipinski definition) is 1. The predicted molar refractivity (Wildman–Crippen MR) is 60.1 cm³/mol. The summed E-state index contributed by atoms with van der Waals surface area (Å²) in [7, 11) is 0. The lowest BCUT2D eigenvalue weighted by Crippen LogP contribution is -1.80. The Hall–Kier alpha value is -0.390. The van der Waals surface area contributed by atoms with Gasteiger partial charge in [0.15, 0.2) is 0 Å². The Kier molecular flexibility index (Phi) is 4.57. The fourth-order valence-electron chi connectivity index (χ4n) is 0.848. The standard InChI is InChI=1S/C10H7Cl3O/c11-8-5-7(3-1-2-4-14)6-9(12)10(8)13/h5-6,14H,2,4H2. The molecule has 1 aromatic carbocycles. The molecule has 1 rings (SSSR count). The number of aliphatic hydroxyl groups excluding tert-OH is 1. The van der Waals surface area contributed by atoms with Crippen LogP contribution in [-0.4, -0.2) is 11.7 Å². The van der Waals surface area contributed by atoms with Crippen LogP contribution in [0.4, 0.5) is 0 Å². The highest BCUT2D eigenvalue weighted by atomic mass is 35.5. The molecular weight excluding hydrogens is 242 g/mol. The van der Waals surface area contributed by atoms with Crippen molar-refractivity contribution in [2.45, 2.75) is 6.42 Å². The minimum absolute atomic E-state index is 0.0437. The van der Waals surface area contributed by atoms with Gasteiger partial charge in [0.2, 0.25) is 0 Å². The van der Waals surface area contributed by atoms with Crippen molar-refractivity contribution >= 4 is 34.8 Å². The minimum Gasteiger partial charge on any atom is -0.395 e. The van der Waals surface area contributed by atoms with Crippen molar-refractivity contribution in [1.29, 1.82) is 0 Å². The number of benzene rings is 1. The van der Waals surface area contributed by atoms with Crippen molar-refractivity contribution in [3.8, 4) is 11.8 Å². The van der Waals surface area contributed by atoms with E-state index >= 15 is 0 Å². The highest BCUT2D eigenvalue weighted by Crippen LogP contribution is 2.30. The third kappa shape index (κ3) is 3.08. The van der Waals surface area contributed by atoms with Gasteiger partial charge >= 0.3 is 0 Å². The average molecular weight is 250 g/mol. The van der Waals surface area contributed by atoms with E-state index in [1.165, 1.54) is 0 Å². The smallest absolute Gasteiger partial charge is 0.0779 e. The molecule has 1 aromatic rings. The highest BCUT2D eigenvalue weighted by Gasteiger charge is 2.03. The van der Waals surface area contributed by atoms with Crippen molar-refractivity contribution in [3.63, 3.8) is 0 Å². The third-order valence-corrected chi connectivity index (χ3v) is 2.65. The number of aliphatic hydroxyl groups is 1. The largest absolute Gasteiger partial charge is 0.395 e. The van der Waals surface area contributed by atoms with Crippen LogP contribution in [0, 0.1) is 11.8 Å². The molecule has 0 unspecified atom stereocenters. The van der Waals surface area contributed by atoms with Crippen molar-refractivity contribution in [1.82, 2.24) is 0 Å². The highest BCUT2D eigenvalue weighted by molar-refractivity contribution is 6.48. The molecule has 1 nitrogen and oxygen atoms in total. The second-order valence-electron chi connectivity index (χ2n) is 2.53. The lowest BCUT2D eigenvalue weighted by Gasteiger charge is -1.99. The van der Waals surface area contributed by atoms with Gasteiger partial charge in [-0.1, -0.05) is 46.6 Å². The van der Waals surface area contributed by atoms with Gasteiger partial charge in [0.1, 0.15) is 0 Å². The molecular formula is C10H7Cl3O. The van der Waals surface area contributed by atoms with Crippen LogP contribution in [0.1, 0.15) is 12.0 Å². The lowest BCUT2D eigenvalue weighted by atomic mass is 10.2. The monoisotopic (exact) mass is 248 g/mol. The van der Waals surface area contributed by atoms with Gasteiger partial charge in [0.05, 0.1) is 21.7 Å². The SMILES string of the molecule is OCCC#Cc1cc(Cl)c(Cl)c(Cl)c1. The molecule has 1 N–H and O–H groups in total. The van der Waals surface area contributed by atoms with E-state index in [0.29, 0.717) is 27.1 Å². The van der Waals surface area contributed by atoms with Crippen LogP contribution in [0.5, 0.6) is 0 Å². The molecule has 0 aliphatic carbocycles. The summed E-state index contributed by atoms with van der Waals surface area (Å²) in [6, 6.07) is 3.28. The summed E-state index contributed by atoms with van der Waals surface area (Å²) < 4.78 is 0. The van der Waals surface area contributed by atoms with Gasteiger partial charge in [-0.05, 0) is 12.1 Å². The maximum absolute atomic E-state index is 8.52. The first-order chi connectivity index (χ1) is 6.65. The summed E-state index contributed by atoms with van der Waals surface area (Å²) in [6.45, 7) is 0.0437. The molecule has 0 aromatic heterocycles. The van der Waals surface area contributed by atoms with Crippen LogP contribution in [0.3, 0.4) is 0 Å². The van der Waals surface area contributed by atoms with E-state index in [1.54, 1.807) is 12.1 Å². The van der Waals surface area contributed by atoms with Gasteiger partial charge in [0, 0.05) is 12.0 Å². The summed E-state index contributed by atoms with van der Waals surface area (Å²) in [5.41, 5.74) is 0.692. The summed E-state index contributed by atoms with van der Waals surface area (Å²) in [4.78, 5) is 0. The molecule has 0 heterocycles. The second-order valence-corrected chi connectivity index (χ2v) is 3.72. The maximum atomic E-state index is 8.52. The van der Waals surface area contributed by atoms with Gasteiger partial charge in [0.25, 0.3) is 0 Å².